The summed E-state index contributed by atoms with van der Waals surface area (Å²) in [6.45, 7) is 0. The van der Waals surface area contributed by atoms with E-state index in [0.29, 0.717) is 16.2 Å². The number of nitrogen functional groups attached to an aromatic ring is 1. The molecule has 6 heteroatoms. The molecule has 3 rings (SSSR count). The molecule has 0 fully saturated rings. The topological polar surface area (TPSA) is 107 Å². The van der Waals surface area contributed by atoms with Crippen LogP contribution in [0.2, 0.25) is 0 Å². The van der Waals surface area contributed by atoms with Crippen molar-refractivity contribution in [3.05, 3.63) is 65.7 Å². The number of phenolic OH excluding ortho intramolecular Hbond substituents is 1. The van der Waals surface area contributed by atoms with E-state index in [1.807, 2.05) is 36.4 Å². The van der Waals surface area contributed by atoms with Gasteiger partial charge in [-0.05, 0) is 18.2 Å². The van der Waals surface area contributed by atoms with Gasteiger partial charge in [0.25, 0.3) is 0 Å². The summed E-state index contributed by atoms with van der Waals surface area (Å²) in [7, 11) is 0. The lowest BCUT2D eigenvalue weighted by molar-refractivity contribution is 0.477. The van der Waals surface area contributed by atoms with Crippen LogP contribution in [0.4, 0.5) is 5.82 Å². The van der Waals surface area contributed by atoms with Crippen LogP contribution in [0.1, 0.15) is 11.1 Å². The zero-order chi connectivity index (χ0) is 17.8. The fourth-order valence-electron chi connectivity index (χ4n) is 2.43. The van der Waals surface area contributed by atoms with Gasteiger partial charge in [0.15, 0.2) is 0 Å². The number of hydrogen-bond acceptors (Lipinski definition) is 6. The lowest BCUT2D eigenvalue weighted by Gasteiger charge is -2.13. The van der Waals surface area contributed by atoms with Crippen LogP contribution in [-0.2, 0) is 0 Å². The minimum Gasteiger partial charge on any atom is -0.507 e. The smallest absolute Gasteiger partial charge is 0.143 e. The van der Waals surface area contributed by atoms with Gasteiger partial charge in [0.05, 0.1) is 5.56 Å². The number of nitrogens with zero attached hydrogens (tertiary/aromatic N) is 3. The number of rotatable bonds is 3. The molecule has 0 aliphatic heterocycles. The molecule has 2 aromatic carbocycles. The first-order valence-electron chi connectivity index (χ1n) is 7.30. The van der Waals surface area contributed by atoms with Gasteiger partial charge in [0, 0.05) is 16.0 Å². The van der Waals surface area contributed by atoms with Crippen LogP contribution in [0.15, 0.2) is 64.5 Å². The molecule has 0 saturated heterocycles. The number of nitrogens with two attached hydrogens (primary N) is 1. The highest BCUT2D eigenvalue weighted by Gasteiger charge is 2.22. The monoisotopic (exact) mass is 344 g/mol. The van der Waals surface area contributed by atoms with Gasteiger partial charge in [-0.15, -0.1) is 0 Å². The van der Waals surface area contributed by atoms with E-state index in [1.54, 1.807) is 18.2 Å². The van der Waals surface area contributed by atoms with Crippen molar-refractivity contribution in [2.24, 2.45) is 0 Å². The Balaban J connectivity index is 2.28. The molecule has 0 unspecified atom stereocenters. The van der Waals surface area contributed by atoms with E-state index in [0.717, 1.165) is 4.90 Å². The van der Waals surface area contributed by atoms with Gasteiger partial charge >= 0.3 is 0 Å². The maximum atomic E-state index is 10.2. The summed E-state index contributed by atoms with van der Waals surface area (Å²) in [5, 5.41) is 29.8. The van der Waals surface area contributed by atoms with Crippen molar-refractivity contribution < 1.29 is 5.11 Å². The Hall–Kier alpha value is -3.48. The predicted octanol–water partition coefficient (Wildman–Crippen LogP) is 3.93. The molecule has 1 heterocycles. The number of nitriles is 2. The van der Waals surface area contributed by atoms with Crippen molar-refractivity contribution in [3.63, 3.8) is 0 Å². The van der Waals surface area contributed by atoms with Crippen molar-refractivity contribution in [2.45, 2.75) is 9.92 Å². The quantitative estimate of drug-likeness (QED) is 0.745. The van der Waals surface area contributed by atoms with Gasteiger partial charge in [-0.25, -0.2) is 4.98 Å². The first kappa shape index (κ1) is 16.4. The third kappa shape index (κ3) is 3.12. The summed E-state index contributed by atoms with van der Waals surface area (Å²) in [5.74, 6) is -0.00468. The zero-order valence-electron chi connectivity index (χ0n) is 13.0. The normalized spacial score (nSPS) is 10.0. The van der Waals surface area contributed by atoms with Crippen LogP contribution in [0, 0.1) is 22.7 Å². The number of pyridine rings is 1. The zero-order valence-corrected chi connectivity index (χ0v) is 13.8. The summed E-state index contributed by atoms with van der Waals surface area (Å²) < 4.78 is 0. The molecule has 3 aromatic rings. The van der Waals surface area contributed by atoms with E-state index in [2.05, 4.69) is 11.1 Å². The highest BCUT2D eigenvalue weighted by Crippen LogP contribution is 2.40. The maximum absolute atomic E-state index is 10.2. The van der Waals surface area contributed by atoms with Crippen molar-refractivity contribution in [2.75, 3.05) is 5.73 Å². The number of aromatic hydroxyl groups is 1. The van der Waals surface area contributed by atoms with Crippen molar-refractivity contribution in [1.82, 2.24) is 4.98 Å². The molecule has 5 nitrogen and oxygen atoms in total. The third-order valence-corrected chi connectivity index (χ3v) is 4.54. The highest BCUT2D eigenvalue weighted by molar-refractivity contribution is 7.99. The Bertz CT molecular complexity index is 1020. The summed E-state index contributed by atoms with van der Waals surface area (Å²) in [5.41, 5.74) is 6.92. The first-order chi connectivity index (χ1) is 12.2. The van der Waals surface area contributed by atoms with E-state index in [9.17, 15) is 15.6 Å². The lowest BCUT2D eigenvalue weighted by atomic mass is 9.96. The van der Waals surface area contributed by atoms with Crippen LogP contribution < -0.4 is 5.73 Å². The SMILES string of the molecule is N#Cc1c(N)nc(Sc2ccccc2)c(C#N)c1-c1ccccc1O. The molecular weight excluding hydrogens is 332 g/mol. The number of anilines is 1. The average molecular weight is 344 g/mol. The van der Waals surface area contributed by atoms with Crippen LogP contribution in [0.5, 0.6) is 5.75 Å². The summed E-state index contributed by atoms with van der Waals surface area (Å²) in [6.07, 6.45) is 0. The molecule has 3 N–H and O–H groups in total. The van der Waals surface area contributed by atoms with Crippen molar-refractivity contribution in [1.29, 1.82) is 10.5 Å². The molecule has 0 radical (unpaired) electrons. The molecule has 0 bridgehead atoms. The Morgan fingerprint density at radius 3 is 2.20 bits per heavy atom. The van der Waals surface area contributed by atoms with Crippen LogP contribution in [0.3, 0.4) is 0 Å². The van der Waals surface area contributed by atoms with Gasteiger partial charge in [-0.1, -0.05) is 48.2 Å². The van der Waals surface area contributed by atoms with Gasteiger partial charge in [-0.2, -0.15) is 10.5 Å². The number of phenols is 1. The van der Waals surface area contributed by atoms with Gasteiger partial charge in [0.1, 0.15) is 34.3 Å². The standard InChI is InChI=1S/C19H12N4OS/c20-10-14-17(13-8-4-5-9-16(13)24)15(11-21)19(23-18(14)22)25-12-6-2-1-3-7-12/h1-9,24H,(H2,22,23). The molecule has 0 aliphatic rings. The molecule has 0 amide bonds. The van der Waals surface area contributed by atoms with E-state index in [1.165, 1.54) is 17.8 Å². The summed E-state index contributed by atoms with van der Waals surface area (Å²) >= 11 is 1.28. The van der Waals surface area contributed by atoms with E-state index in [-0.39, 0.29) is 22.7 Å². The van der Waals surface area contributed by atoms with E-state index < -0.39 is 0 Å². The highest BCUT2D eigenvalue weighted by atomic mass is 32.2. The molecule has 0 saturated carbocycles. The van der Waals surface area contributed by atoms with E-state index in [4.69, 9.17) is 5.73 Å². The summed E-state index contributed by atoms with van der Waals surface area (Å²) in [6, 6.07) is 20.1. The fourth-order valence-corrected chi connectivity index (χ4v) is 3.34. The van der Waals surface area contributed by atoms with Gasteiger partial charge in [-0.3, -0.25) is 0 Å². The number of para-hydroxylation sites is 1. The molecular formula is C19H12N4OS. The number of hydrogen-bond donors (Lipinski definition) is 2. The maximum Gasteiger partial charge on any atom is 0.143 e. The number of benzene rings is 2. The Labute approximate surface area is 149 Å². The second kappa shape index (κ2) is 6.96. The van der Waals surface area contributed by atoms with Crippen LogP contribution >= 0.6 is 11.8 Å². The molecule has 0 aliphatic carbocycles. The third-order valence-electron chi connectivity index (χ3n) is 3.55. The van der Waals surface area contributed by atoms with Crippen molar-refractivity contribution in [3.8, 4) is 29.0 Å². The average Bonchev–Trinajstić information content (AvgIpc) is 2.62. The Morgan fingerprint density at radius 1 is 0.920 bits per heavy atom. The largest absolute Gasteiger partial charge is 0.507 e. The second-order valence-corrected chi connectivity index (χ2v) is 6.15. The molecule has 1 aromatic heterocycles. The predicted molar refractivity (Wildman–Crippen MR) is 95.7 cm³/mol. The second-order valence-electron chi connectivity index (χ2n) is 5.08. The van der Waals surface area contributed by atoms with Gasteiger partial charge < -0.3 is 10.8 Å². The van der Waals surface area contributed by atoms with E-state index >= 15 is 0 Å². The molecule has 120 valence electrons. The van der Waals surface area contributed by atoms with Crippen LogP contribution in [0.25, 0.3) is 11.1 Å². The Morgan fingerprint density at radius 2 is 1.56 bits per heavy atom. The first-order valence-corrected chi connectivity index (χ1v) is 8.12. The van der Waals surface area contributed by atoms with Crippen molar-refractivity contribution >= 4 is 17.6 Å². The summed E-state index contributed by atoms with van der Waals surface area (Å²) in [4.78, 5) is 5.13. The lowest BCUT2D eigenvalue weighted by Crippen LogP contribution is -2.03. The molecule has 0 atom stereocenters. The minimum atomic E-state index is -0.0308. The minimum absolute atomic E-state index is 0.0261. The van der Waals surface area contributed by atoms with Crippen LogP contribution in [-0.4, -0.2) is 10.1 Å². The fraction of sp³-hybridized carbons (Fsp3) is 0. The van der Waals surface area contributed by atoms with Gasteiger partial charge in [0.2, 0.25) is 0 Å². The Kier molecular flexibility index (Phi) is 4.56. The molecule has 25 heavy (non-hydrogen) atoms. The molecule has 0 spiro atoms. The number of aromatic nitrogens is 1.